The van der Waals surface area contributed by atoms with Crippen LogP contribution in [0.3, 0.4) is 0 Å². The quantitative estimate of drug-likeness (QED) is 0.314. The van der Waals surface area contributed by atoms with Crippen molar-refractivity contribution in [3.05, 3.63) is 71.8 Å². The van der Waals surface area contributed by atoms with Gasteiger partial charge in [-0.15, -0.1) is 0 Å². The van der Waals surface area contributed by atoms with Gasteiger partial charge in [0.25, 0.3) is 0 Å². The molecule has 0 aliphatic rings. The number of benzene rings is 4. The predicted molar refractivity (Wildman–Crippen MR) is 134 cm³/mol. The number of fused-ring (bicyclic) bond motifs is 2. The molecule has 0 unspecified atom stereocenters. The van der Waals surface area contributed by atoms with Crippen LogP contribution in [-0.2, 0) is 11.5 Å². The van der Waals surface area contributed by atoms with Crippen molar-refractivity contribution in [1.29, 1.82) is 0 Å². The highest BCUT2D eigenvalue weighted by Crippen LogP contribution is 2.48. The van der Waals surface area contributed by atoms with E-state index in [0.717, 1.165) is 66.8 Å². The highest BCUT2D eigenvalue weighted by Gasteiger charge is 2.21. The van der Waals surface area contributed by atoms with E-state index in [0.29, 0.717) is 0 Å². The first-order chi connectivity index (χ1) is 14.7. The van der Waals surface area contributed by atoms with Gasteiger partial charge in [0.1, 0.15) is 11.5 Å². The molecule has 0 aliphatic carbocycles. The van der Waals surface area contributed by atoms with Crippen molar-refractivity contribution in [3.8, 4) is 22.6 Å². The molecule has 4 aromatic carbocycles. The molecule has 2 nitrogen and oxygen atoms in total. The first-order valence-corrected chi connectivity index (χ1v) is 12.6. The third-order valence-corrected chi connectivity index (χ3v) is 7.22. The lowest BCUT2D eigenvalue weighted by Gasteiger charge is -2.19. The van der Waals surface area contributed by atoms with Crippen LogP contribution in [0.5, 0.6) is 11.5 Å². The molecule has 4 heteroatoms. The number of rotatable bonds is 7. The zero-order valence-corrected chi connectivity index (χ0v) is 18.9. The molecular formula is C26H26O2S2. The molecule has 30 heavy (non-hydrogen) atoms. The second kappa shape index (κ2) is 9.23. The molecule has 0 aliphatic heterocycles. The molecule has 2 N–H and O–H groups in total. The Morgan fingerprint density at radius 2 is 1.03 bits per heavy atom. The molecule has 4 aromatic rings. The zero-order valence-electron chi connectivity index (χ0n) is 17.3. The molecule has 0 amide bonds. The highest BCUT2D eigenvalue weighted by atomic mass is 32.2. The predicted octanol–water partition coefficient (Wildman–Crippen LogP) is 7.58. The average molecular weight is 435 g/mol. The number of phenols is 2. The van der Waals surface area contributed by atoms with Crippen LogP contribution in [0, 0.1) is 0 Å². The summed E-state index contributed by atoms with van der Waals surface area (Å²) in [6.45, 7) is 4.25. The van der Waals surface area contributed by atoms with Gasteiger partial charge in [-0.1, -0.05) is 62.4 Å². The van der Waals surface area contributed by atoms with E-state index in [-0.39, 0.29) is 11.5 Å². The van der Waals surface area contributed by atoms with Crippen molar-refractivity contribution in [1.82, 2.24) is 0 Å². The van der Waals surface area contributed by atoms with E-state index in [9.17, 15) is 10.2 Å². The molecule has 0 spiro atoms. The molecule has 0 atom stereocenters. The fourth-order valence-corrected chi connectivity index (χ4v) is 5.23. The Morgan fingerprint density at radius 3 is 1.43 bits per heavy atom. The van der Waals surface area contributed by atoms with Gasteiger partial charge < -0.3 is 10.2 Å². The van der Waals surface area contributed by atoms with Crippen LogP contribution in [0.2, 0.25) is 0 Å². The van der Waals surface area contributed by atoms with Crippen LogP contribution in [0.4, 0.5) is 0 Å². The normalized spacial score (nSPS) is 11.4. The first kappa shape index (κ1) is 21.0. The van der Waals surface area contributed by atoms with Crippen molar-refractivity contribution in [2.45, 2.75) is 25.4 Å². The van der Waals surface area contributed by atoms with Gasteiger partial charge in [-0.3, -0.25) is 0 Å². The summed E-state index contributed by atoms with van der Waals surface area (Å²) >= 11 is 3.57. The number of hydrogen-bond acceptors (Lipinski definition) is 4. The highest BCUT2D eigenvalue weighted by molar-refractivity contribution is 7.98. The Bertz CT molecular complexity index is 1110. The Kier molecular flexibility index (Phi) is 6.45. The van der Waals surface area contributed by atoms with Crippen LogP contribution in [-0.4, -0.2) is 21.7 Å². The Balaban J connectivity index is 2.09. The summed E-state index contributed by atoms with van der Waals surface area (Å²) in [4.78, 5) is 0. The van der Waals surface area contributed by atoms with E-state index in [1.807, 2.05) is 36.4 Å². The lowest BCUT2D eigenvalue weighted by atomic mass is 9.89. The van der Waals surface area contributed by atoms with Crippen LogP contribution in [0.25, 0.3) is 32.7 Å². The van der Waals surface area contributed by atoms with E-state index in [1.54, 1.807) is 23.5 Å². The van der Waals surface area contributed by atoms with Gasteiger partial charge in [0.2, 0.25) is 0 Å². The summed E-state index contributed by atoms with van der Waals surface area (Å²) in [5.74, 6) is 4.00. The molecule has 0 saturated heterocycles. The van der Waals surface area contributed by atoms with Crippen LogP contribution < -0.4 is 0 Å². The summed E-state index contributed by atoms with van der Waals surface area (Å²) < 4.78 is 0. The van der Waals surface area contributed by atoms with Gasteiger partial charge in [-0.05, 0) is 45.2 Å². The summed E-state index contributed by atoms with van der Waals surface area (Å²) in [5.41, 5.74) is 3.29. The van der Waals surface area contributed by atoms with Gasteiger partial charge in [-0.2, -0.15) is 23.5 Å². The maximum Gasteiger partial charge on any atom is 0.128 e. The summed E-state index contributed by atoms with van der Waals surface area (Å²) in [7, 11) is 0. The zero-order chi connectivity index (χ0) is 21.1. The number of hydrogen-bond donors (Lipinski definition) is 2. The van der Waals surface area contributed by atoms with Gasteiger partial charge in [-0.25, -0.2) is 0 Å². The lowest BCUT2D eigenvalue weighted by Crippen LogP contribution is -1.94. The standard InChI is InChI=1S/C26H26O2S2/c1-3-29-15-19-13-17-9-5-7-11-21(17)23(25(19)27)24-22-12-8-6-10-18(22)14-20(26(24)28)16-30-4-2/h5-14,27-28H,3-4,15-16H2,1-2H3. The van der Waals surface area contributed by atoms with E-state index in [2.05, 4.69) is 38.1 Å². The fraction of sp³-hybridized carbons (Fsp3) is 0.231. The Labute approximate surface area is 186 Å². The second-order valence-corrected chi connectivity index (χ2v) is 9.78. The van der Waals surface area contributed by atoms with E-state index >= 15 is 0 Å². The largest absolute Gasteiger partial charge is 0.507 e. The smallest absolute Gasteiger partial charge is 0.128 e. The molecule has 0 radical (unpaired) electrons. The maximum absolute atomic E-state index is 11.4. The fourth-order valence-electron chi connectivity index (χ4n) is 3.94. The van der Waals surface area contributed by atoms with E-state index < -0.39 is 0 Å². The van der Waals surface area contributed by atoms with Gasteiger partial charge in [0.05, 0.1) is 0 Å². The van der Waals surface area contributed by atoms with Crippen LogP contribution in [0.15, 0.2) is 60.7 Å². The maximum atomic E-state index is 11.4. The molecule has 0 bridgehead atoms. The number of thioether (sulfide) groups is 2. The van der Waals surface area contributed by atoms with E-state index in [4.69, 9.17) is 0 Å². The van der Waals surface area contributed by atoms with Gasteiger partial charge in [0, 0.05) is 33.8 Å². The minimum absolute atomic E-state index is 0.274. The van der Waals surface area contributed by atoms with Crippen molar-refractivity contribution >= 4 is 45.1 Å². The minimum Gasteiger partial charge on any atom is -0.507 e. The van der Waals surface area contributed by atoms with Crippen molar-refractivity contribution in [2.75, 3.05) is 11.5 Å². The molecule has 0 aromatic heterocycles. The van der Waals surface area contributed by atoms with Gasteiger partial charge in [0.15, 0.2) is 0 Å². The molecule has 0 fully saturated rings. The summed E-state index contributed by atoms with van der Waals surface area (Å²) in [6.07, 6.45) is 0. The molecular weight excluding hydrogens is 408 g/mol. The summed E-state index contributed by atoms with van der Waals surface area (Å²) in [6, 6.07) is 20.4. The first-order valence-electron chi connectivity index (χ1n) is 10.3. The monoisotopic (exact) mass is 434 g/mol. The third kappa shape index (κ3) is 3.86. The molecule has 0 heterocycles. The molecule has 154 valence electrons. The number of phenolic OH excluding ortho intramolecular Hbond substituents is 2. The minimum atomic E-state index is 0.274. The second-order valence-electron chi connectivity index (χ2n) is 7.24. The number of aromatic hydroxyl groups is 2. The van der Waals surface area contributed by atoms with Crippen LogP contribution >= 0.6 is 23.5 Å². The lowest BCUT2D eigenvalue weighted by molar-refractivity contribution is 0.465. The third-order valence-electron chi connectivity index (χ3n) is 5.38. The topological polar surface area (TPSA) is 40.5 Å². The molecule has 0 saturated carbocycles. The van der Waals surface area contributed by atoms with Crippen molar-refractivity contribution < 1.29 is 10.2 Å². The molecule has 4 rings (SSSR count). The van der Waals surface area contributed by atoms with Crippen molar-refractivity contribution in [2.24, 2.45) is 0 Å². The SMILES string of the molecule is CCSCc1cc2ccccc2c(-c2c(O)c(CSCC)cc3ccccc23)c1O. The van der Waals surface area contributed by atoms with Crippen molar-refractivity contribution in [3.63, 3.8) is 0 Å². The van der Waals surface area contributed by atoms with E-state index in [1.165, 1.54) is 0 Å². The Morgan fingerprint density at radius 1 is 0.633 bits per heavy atom. The summed E-state index contributed by atoms with van der Waals surface area (Å²) in [5, 5.41) is 26.8. The Hall–Kier alpha value is -2.30. The average Bonchev–Trinajstić information content (AvgIpc) is 2.77. The van der Waals surface area contributed by atoms with Crippen LogP contribution in [0.1, 0.15) is 25.0 Å². The van der Waals surface area contributed by atoms with Gasteiger partial charge >= 0.3 is 0 Å².